The van der Waals surface area contributed by atoms with Crippen LogP contribution in [0.4, 0.5) is 0 Å². The Hall–Kier alpha value is -1.26. The number of aliphatic hydroxyl groups excluding tert-OH is 1. The van der Waals surface area contributed by atoms with Gasteiger partial charge in [0.25, 0.3) is 0 Å². The van der Waals surface area contributed by atoms with E-state index in [1.807, 2.05) is 18.2 Å². The molecule has 1 unspecified atom stereocenters. The molecule has 1 saturated carbocycles. The molecule has 0 amide bonds. The van der Waals surface area contributed by atoms with Crippen molar-refractivity contribution >= 4 is 0 Å². The lowest BCUT2D eigenvalue weighted by molar-refractivity contribution is 0.165. The molecule has 1 fully saturated rings. The molecule has 3 rings (SSSR count). The maximum absolute atomic E-state index is 10.3. The van der Waals surface area contributed by atoms with E-state index >= 15 is 0 Å². The van der Waals surface area contributed by atoms with E-state index in [4.69, 9.17) is 9.47 Å². The molecule has 0 saturated heterocycles. The first kappa shape index (κ1) is 14.7. The first-order valence-electron chi connectivity index (χ1n) is 8.14. The lowest BCUT2D eigenvalue weighted by Gasteiger charge is -2.23. The van der Waals surface area contributed by atoms with E-state index in [1.165, 1.54) is 44.9 Å². The topological polar surface area (TPSA) is 50.7 Å². The van der Waals surface area contributed by atoms with Crippen LogP contribution in [0, 0.1) is 0 Å². The second kappa shape index (κ2) is 7.14. The fourth-order valence-corrected chi connectivity index (χ4v) is 3.18. The summed E-state index contributed by atoms with van der Waals surface area (Å²) in [5, 5.41) is 13.9. The van der Waals surface area contributed by atoms with Crippen LogP contribution in [0.5, 0.6) is 11.5 Å². The van der Waals surface area contributed by atoms with Crippen molar-refractivity contribution in [3.05, 3.63) is 23.8 Å². The number of aliphatic hydroxyl groups is 1. The van der Waals surface area contributed by atoms with Crippen LogP contribution in [-0.4, -0.2) is 24.5 Å². The third-order valence-electron chi connectivity index (χ3n) is 4.49. The summed E-state index contributed by atoms with van der Waals surface area (Å²) < 4.78 is 10.7. The van der Waals surface area contributed by atoms with Crippen molar-refractivity contribution in [1.29, 1.82) is 0 Å². The summed E-state index contributed by atoms with van der Waals surface area (Å²) in [5.41, 5.74) is 0.887. The predicted molar refractivity (Wildman–Crippen MR) is 81.6 cm³/mol. The Bertz CT molecular complexity index is 455. The van der Waals surface area contributed by atoms with Gasteiger partial charge in [-0.05, 0) is 30.5 Å². The number of benzene rings is 1. The Morgan fingerprint density at radius 3 is 2.57 bits per heavy atom. The van der Waals surface area contributed by atoms with E-state index in [2.05, 4.69) is 5.32 Å². The van der Waals surface area contributed by atoms with Gasteiger partial charge in [0.15, 0.2) is 11.5 Å². The van der Waals surface area contributed by atoms with Crippen LogP contribution in [-0.2, 0) is 0 Å². The van der Waals surface area contributed by atoms with E-state index < -0.39 is 6.10 Å². The Kier molecular flexibility index (Phi) is 4.99. The number of rotatable bonds is 4. The molecule has 1 aliphatic carbocycles. The molecule has 116 valence electrons. The fraction of sp³-hybridized carbons (Fsp3) is 0.647. The maximum atomic E-state index is 10.3. The van der Waals surface area contributed by atoms with Crippen molar-refractivity contribution in [2.45, 2.75) is 57.1 Å². The van der Waals surface area contributed by atoms with Gasteiger partial charge in [0.05, 0.1) is 6.10 Å². The summed E-state index contributed by atoms with van der Waals surface area (Å²) in [4.78, 5) is 0. The maximum Gasteiger partial charge on any atom is 0.231 e. The van der Waals surface area contributed by atoms with Gasteiger partial charge in [-0.3, -0.25) is 0 Å². The summed E-state index contributed by atoms with van der Waals surface area (Å²) in [7, 11) is 0. The molecule has 1 heterocycles. The molecule has 0 radical (unpaired) electrons. The smallest absolute Gasteiger partial charge is 0.231 e. The van der Waals surface area contributed by atoms with Crippen molar-refractivity contribution in [3.63, 3.8) is 0 Å². The highest BCUT2D eigenvalue weighted by Crippen LogP contribution is 2.34. The second-order valence-corrected chi connectivity index (χ2v) is 6.08. The quantitative estimate of drug-likeness (QED) is 0.894. The number of hydrogen-bond acceptors (Lipinski definition) is 4. The highest BCUT2D eigenvalue weighted by molar-refractivity contribution is 5.45. The first-order valence-corrected chi connectivity index (χ1v) is 8.14. The average Bonchev–Trinajstić information content (AvgIpc) is 2.93. The molecule has 0 bridgehead atoms. The van der Waals surface area contributed by atoms with Crippen molar-refractivity contribution < 1.29 is 14.6 Å². The van der Waals surface area contributed by atoms with Crippen molar-refractivity contribution in [3.8, 4) is 11.5 Å². The Balaban J connectivity index is 1.52. The lowest BCUT2D eigenvalue weighted by atomic mass is 9.96. The highest BCUT2D eigenvalue weighted by atomic mass is 16.7. The Morgan fingerprint density at radius 1 is 1.05 bits per heavy atom. The van der Waals surface area contributed by atoms with Gasteiger partial charge < -0.3 is 19.9 Å². The molecule has 4 nitrogen and oxygen atoms in total. The van der Waals surface area contributed by atoms with Crippen molar-refractivity contribution in [1.82, 2.24) is 5.32 Å². The van der Waals surface area contributed by atoms with Crippen LogP contribution < -0.4 is 14.8 Å². The van der Waals surface area contributed by atoms with Crippen LogP contribution in [0.15, 0.2) is 18.2 Å². The summed E-state index contributed by atoms with van der Waals surface area (Å²) in [6.07, 6.45) is 8.65. The number of nitrogens with one attached hydrogen (secondary N) is 1. The zero-order chi connectivity index (χ0) is 14.5. The third-order valence-corrected chi connectivity index (χ3v) is 4.49. The minimum atomic E-state index is -0.495. The van der Waals surface area contributed by atoms with E-state index in [0.29, 0.717) is 12.6 Å². The van der Waals surface area contributed by atoms with Gasteiger partial charge in [-0.25, -0.2) is 0 Å². The largest absolute Gasteiger partial charge is 0.454 e. The van der Waals surface area contributed by atoms with Gasteiger partial charge in [0.2, 0.25) is 6.79 Å². The van der Waals surface area contributed by atoms with Crippen LogP contribution >= 0.6 is 0 Å². The molecule has 2 N–H and O–H groups in total. The van der Waals surface area contributed by atoms with Crippen LogP contribution in [0.2, 0.25) is 0 Å². The summed E-state index contributed by atoms with van der Waals surface area (Å²) in [6, 6.07) is 6.22. The summed E-state index contributed by atoms with van der Waals surface area (Å²) in [5.74, 6) is 1.50. The van der Waals surface area contributed by atoms with Crippen LogP contribution in [0.1, 0.15) is 56.6 Å². The Labute approximate surface area is 126 Å². The van der Waals surface area contributed by atoms with E-state index in [9.17, 15) is 5.11 Å². The van der Waals surface area contributed by atoms with Gasteiger partial charge in [0, 0.05) is 12.6 Å². The van der Waals surface area contributed by atoms with Gasteiger partial charge >= 0.3 is 0 Å². The molecule has 1 aromatic carbocycles. The van der Waals surface area contributed by atoms with Crippen molar-refractivity contribution in [2.24, 2.45) is 0 Å². The summed E-state index contributed by atoms with van der Waals surface area (Å²) in [6.45, 7) is 0.875. The van der Waals surface area contributed by atoms with E-state index in [1.54, 1.807) is 0 Å². The normalized spacial score (nSPS) is 20.8. The molecule has 4 heteroatoms. The molecule has 1 atom stereocenters. The molecule has 1 aliphatic heterocycles. The van der Waals surface area contributed by atoms with Crippen LogP contribution in [0.3, 0.4) is 0 Å². The van der Waals surface area contributed by atoms with Gasteiger partial charge in [-0.2, -0.15) is 0 Å². The number of fused-ring (bicyclic) bond motifs is 1. The SMILES string of the molecule is OC(CNC1CCCCCCC1)c1ccc2c(c1)OCO2. The molecular weight excluding hydrogens is 266 g/mol. The molecule has 1 aromatic rings. The van der Waals surface area contributed by atoms with Gasteiger partial charge in [-0.1, -0.05) is 38.2 Å². The second-order valence-electron chi connectivity index (χ2n) is 6.08. The average molecular weight is 291 g/mol. The van der Waals surface area contributed by atoms with Crippen molar-refractivity contribution in [2.75, 3.05) is 13.3 Å². The fourth-order valence-electron chi connectivity index (χ4n) is 3.18. The number of ether oxygens (including phenoxy) is 2. The molecule has 2 aliphatic rings. The Morgan fingerprint density at radius 2 is 1.76 bits per heavy atom. The molecule has 0 spiro atoms. The highest BCUT2D eigenvalue weighted by Gasteiger charge is 2.18. The minimum Gasteiger partial charge on any atom is -0.454 e. The molecule has 0 aromatic heterocycles. The third kappa shape index (κ3) is 3.89. The standard InChI is InChI=1S/C17H25NO3/c19-15(11-18-14-6-4-2-1-3-5-7-14)13-8-9-16-17(10-13)21-12-20-16/h8-10,14-15,18-19H,1-7,11-12H2. The van der Waals surface area contributed by atoms with E-state index in [0.717, 1.165) is 17.1 Å². The molecule has 21 heavy (non-hydrogen) atoms. The zero-order valence-corrected chi connectivity index (χ0v) is 12.5. The predicted octanol–water partition coefficient (Wildman–Crippen LogP) is 3.15. The lowest BCUT2D eigenvalue weighted by Crippen LogP contribution is -2.33. The van der Waals surface area contributed by atoms with Gasteiger partial charge in [-0.15, -0.1) is 0 Å². The first-order chi connectivity index (χ1) is 10.3. The summed E-state index contributed by atoms with van der Waals surface area (Å²) >= 11 is 0. The number of hydrogen-bond donors (Lipinski definition) is 2. The zero-order valence-electron chi connectivity index (χ0n) is 12.5. The van der Waals surface area contributed by atoms with Crippen LogP contribution in [0.25, 0.3) is 0 Å². The van der Waals surface area contributed by atoms with E-state index in [-0.39, 0.29) is 6.79 Å². The molecular formula is C17H25NO3. The monoisotopic (exact) mass is 291 g/mol. The minimum absolute atomic E-state index is 0.273. The van der Waals surface area contributed by atoms with Gasteiger partial charge in [0.1, 0.15) is 0 Å².